The van der Waals surface area contributed by atoms with Gasteiger partial charge in [-0.2, -0.15) is 0 Å². The average molecular weight is 613 g/mol. The number of likely N-dealkylation sites (N-methyl/N-ethyl adjacent to an activating group) is 1. The molecule has 2 atom stereocenters. The quantitative estimate of drug-likeness (QED) is 0.286. The number of halogens is 2. The van der Waals surface area contributed by atoms with Crippen LogP contribution in [0, 0.1) is 0 Å². The van der Waals surface area contributed by atoms with Crippen LogP contribution >= 0.6 is 23.2 Å². The fraction of sp³-hybridized carbons (Fsp3) is 0.367. The number of rotatable bonds is 10. The number of methoxy groups -OCH3 is 1. The molecular formula is C30H35Cl2N7O3. The third-order valence-corrected chi connectivity index (χ3v) is 8.49. The number of hydroxylamine groups is 1. The Labute approximate surface area is 256 Å². The minimum absolute atomic E-state index is 0.0182. The second-order valence-electron chi connectivity index (χ2n) is 10.5. The molecule has 2 aromatic carbocycles. The fourth-order valence-electron chi connectivity index (χ4n) is 5.35. The summed E-state index contributed by atoms with van der Waals surface area (Å²) in [5.74, 6) is 1.46. The number of ether oxygens (including phenoxy) is 1. The molecule has 0 aliphatic carbocycles. The number of nitrogens with zero attached hydrogens (tertiary/aromatic N) is 5. The molecule has 2 N–H and O–H groups in total. The van der Waals surface area contributed by atoms with Gasteiger partial charge < -0.3 is 25.2 Å². The van der Waals surface area contributed by atoms with Crippen molar-refractivity contribution < 1.29 is 14.4 Å². The number of aromatic nitrogens is 2. The fourth-order valence-corrected chi connectivity index (χ4v) is 5.74. The molecule has 222 valence electrons. The maximum Gasteiger partial charge on any atom is 0.247 e. The largest absolute Gasteiger partial charge is 0.494 e. The highest BCUT2D eigenvalue weighted by molar-refractivity contribution is 6.42. The smallest absolute Gasteiger partial charge is 0.247 e. The van der Waals surface area contributed by atoms with Crippen LogP contribution in [0.15, 0.2) is 55.4 Å². The molecule has 2 aliphatic rings. The van der Waals surface area contributed by atoms with Crippen LogP contribution in [-0.4, -0.2) is 73.8 Å². The lowest BCUT2D eigenvalue weighted by Crippen LogP contribution is -2.31. The predicted molar refractivity (Wildman–Crippen MR) is 168 cm³/mol. The molecule has 3 heterocycles. The van der Waals surface area contributed by atoms with Gasteiger partial charge in [0.05, 0.1) is 46.9 Å². The molecule has 2 fully saturated rings. The van der Waals surface area contributed by atoms with Crippen molar-refractivity contribution in [1.82, 2.24) is 14.9 Å². The summed E-state index contributed by atoms with van der Waals surface area (Å²) in [5, 5.41) is 9.19. The maximum atomic E-state index is 12.4. The SMILES string of the molecule is C=CC(=O)Nc1cc(Nc2cc(N3OCCC3Cc3cccc(Cl)c3Cl)ncn2)c(OC)cc1N1CCC(N(C)C)C1. The molecule has 1 amide bonds. The van der Waals surface area contributed by atoms with Crippen LogP contribution in [0.4, 0.5) is 28.7 Å². The number of hydrogen-bond acceptors (Lipinski definition) is 9. The summed E-state index contributed by atoms with van der Waals surface area (Å²) in [6, 6.07) is 11.7. The van der Waals surface area contributed by atoms with Crippen LogP contribution in [-0.2, 0) is 16.1 Å². The van der Waals surface area contributed by atoms with Crippen molar-refractivity contribution >= 4 is 57.8 Å². The molecule has 12 heteroatoms. The van der Waals surface area contributed by atoms with Crippen molar-refractivity contribution in [3.8, 4) is 5.75 Å². The van der Waals surface area contributed by atoms with Crippen molar-refractivity contribution in [2.45, 2.75) is 31.3 Å². The highest BCUT2D eigenvalue weighted by atomic mass is 35.5. The molecule has 42 heavy (non-hydrogen) atoms. The van der Waals surface area contributed by atoms with E-state index < -0.39 is 0 Å². The van der Waals surface area contributed by atoms with Gasteiger partial charge in [-0.25, -0.2) is 15.0 Å². The first-order valence-electron chi connectivity index (χ1n) is 13.8. The average Bonchev–Trinajstić information content (AvgIpc) is 3.66. The lowest BCUT2D eigenvalue weighted by Gasteiger charge is -2.26. The van der Waals surface area contributed by atoms with E-state index in [2.05, 4.69) is 51.1 Å². The monoisotopic (exact) mass is 611 g/mol. The van der Waals surface area contributed by atoms with Crippen LogP contribution in [0.2, 0.25) is 10.0 Å². The molecular weight excluding hydrogens is 577 g/mol. The Kier molecular flexibility index (Phi) is 9.37. The van der Waals surface area contributed by atoms with Gasteiger partial charge >= 0.3 is 0 Å². The molecule has 0 saturated carbocycles. The summed E-state index contributed by atoms with van der Waals surface area (Å²) in [4.78, 5) is 31.7. The van der Waals surface area contributed by atoms with Gasteiger partial charge in [-0.1, -0.05) is 41.9 Å². The third-order valence-electron chi connectivity index (χ3n) is 7.64. The number of carbonyl (C=O) groups excluding carboxylic acids is 1. The first kappa shape index (κ1) is 29.9. The van der Waals surface area contributed by atoms with E-state index >= 15 is 0 Å². The van der Waals surface area contributed by atoms with Gasteiger partial charge in [0.2, 0.25) is 5.91 Å². The number of hydrogen-bond donors (Lipinski definition) is 2. The summed E-state index contributed by atoms with van der Waals surface area (Å²) >= 11 is 12.7. The third kappa shape index (κ3) is 6.57. The van der Waals surface area contributed by atoms with Crippen molar-refractivity contribution in [2.75, 3.05) is 61.5 Å². The van der Waals surface area contributed by atoms with E-state index in [9.17, 15) is 4.79 Å². The van der Waals surface area contributed by atoms with Crippen molar-refractivity contribution in [2.24, 2.45) is 0 Å². The highest BCUT2D eigenvalue weighted by Crippen LogP contribution is 2.40. The van der Waals surface area contributed by atoms with Gasteiger partial charge in [0.15, 0.2) is 5.82 Å². The molecule has 0 radical (unpaired) electrons. The zero-order valence-corrected chi connectivity index (χ0v) is 25.5. The Morgan fingerprint density at radius 3 is 2.79 bits per heavy atom. The van der Waals surface area contributed by atoms with Crippen molar-refractivity contribution in [3.05, 3.63) is 71.0 Å². The molecule has 1 aromatic heterocycles. The second-order valence-corrected chi connectivity index (χ2v) is 11.3. The number of nitrogens with one attached hydrogen (secondary N) is 2. The maximum absolute atomic E-state index is 12.4. The summed E-state index contributed by atoms with van der Waals surface area (Å²) in [6.45, 7) is 5.87. The Balaban J connectivity index is 1.41. The lowest BCUT2D eigenvalue weighted by atomic mass is 10.0. The molecule has 2 saturated heterocycles. The van der Waals surface area contributed by atoms with Crippen LogP contribution in [0.3, 0.4) is 0 Å². The minimum Gasteiger partial charge on any atom is -0.494 e. The molecule has 10 nitrogen and oxygen atoms in total. The number of anilines is 5. The van der Waals surface area contributed by atoms with E-state index in [4.69, 9.17) is 32.8 Å². The van der Waals surface area contributed by atoms with Crippen LogP contribution < -0.4 is 25.3 Å². The van der Waals surface area contributed by atoms with Crippen molar-refractivity contribution in [3.63, 3.8) is 0 Å². The predicted octanol–water partition coefficient (Wildman–Crippen LogP) is 5.55. The van der Waals surface area contributed by atoms with E-state index in [0.717, 1.165) is 37.2 Å². The Hall–Kier alpha value is -3.57. The van der Waals surface area contributed by atoms with Crippen LogP contribution in [0.1, 0.15) is 18.4 Å². The van der Waals surface area contributed by atoms with E-state index in [1.54, 1.807) is 18.2 Å². The number of benzene rings is 2. The Morgan fingerprint density at radius 2 is 2.05 bits per heavy atom. The first-order chi connectivity index (χ1) is 20.3. The van der Waals surface area contributed by atoms with Gasteiger partial charge in [0.25, 0.3) is 0 Å². The van der Waals surface area contributed by atoms with Crippen LogP contribution in [0.5, 0.6) is 5.75 Å². The second kappa shape index (κ2) is 13.2. The molecule has 0 spiro atoms. The van der Waals surface area contributed by atoms with Crippen LogP contribution in [0.25, 0.3) is 0 Å². The number of carbonyl (C=O) groups is 1. The summed E-state index contributed by atoms with van der Waals surface area (Å²) in [6.07, 6.45) is 5.22. The zero-order chi connectivity index (χ0) is 29.8. The molecule has 5 rings (SSSR count). The molecule has 2 aliphatic heterocycles. The van der Waals surface area contributed by atoms with Gasteiger partial charge in [-0.3, -0.25) is 9.63 Å². The molecule has 0 bridgehead atoms. The van der Waals surface area contributed by atoms with E-state index in [1.807, 2.05) is 30.3 Å². The highest BCUT2D eigenvalue weighted by Gasteiger charge is 2.30. The number of amides is 1. The first-order valence-corrected chi connectivity index (χ1v) is 14.5. The summed E-state index contributed by atoms with van der Waals surface area (Å²) < 4.78 is 5.78. The lowest BCUT2D eigenvalue weighted by molar-refractivity contribution is -0.111. The van der Waals surface area contributed by atoms with E-state index in [-0.39, 0.29) is 11.9 Å². The van der Waals surface area contributed by atoms with Crippen molar-refractivity contribution in [1.29, 1.82) is 0 Å². The van der Waals surface area contributed by atoms with Gasteiger partial charge in [0.1, 0.15) is 17.9 Å². The standard InChI is InChI=1S/C30H35Cl2N7O3/c1-5-29(40)36-23-14-24(26(41-4)15-25(23)38-11-9-21(17-38)37(2)3)35-27-16-28(34-18-33-27)39-20(10-12-42-39)13-19-7-6-8-22(31)30(19)32/h5-8,14-16,18,20-21H,1,9-13,17H2,2-4H3,(H,36,40)(H,33,34,35). The van der Waals surface area contributed by atoms with Gasteiger partial charge in [0, 0.05) is 31.3 Å². The summed E-state index contributed by atoms with van der Waals surface area (Å²) in [7, 11) is 5.79. The topological polar surface area (TPSA) is 95.1 Å². The normalized spacial score (nSPS) is 18.4. The van der Waals surface area contributed by atoms with E-state index in [0.29, 0.717) is 57.9 Å². The Morgan fingerprint density at radius 1 is 1.21 bits per heavy atom. The van der Waals surface area contributed by atoms with Gasteiger partial charge in [-0.15, -0.1) is 0 Å². The summed E-state index contributed by atoms with van der Waals surface area (Å²) in [5.41, 5.74) is 3.12. The van der Waals surface area contributed by atoms with Gasteiger partial charge in [-0.05, 0) is 57.1 Å². The molecule has 3 aromatic rings. The van der Waals surface area contributed by atoms with E-state index in [1.165, 1.54) is 12.4 Å². The zero-order valence-electron chi connectivity index (χ0n) is 23.9. The Bertz CT molecular complexity index is 1450. The minimum atomic E-state index is -0.294. The molecule has 2 unspecified atom stereocenters.